The zero-order chi connectivity index (χ0) is 12.8. The molecule has 0 unspecified atom stereocenters. The predicted octanol–water partition coefficient (Wildman–Crippen LogP) is 0.209. The monoisotopic (exact) mass is 262 g/mol. The van der Waals surface area contributed by atoms with Gasteiger partial charge >= 0.3 is 24.9 Å². The van der Waals surface area contributed by atoms with E-state index in [0.29, 0.717) is 12.8 Å². The van der Waals surface area contributed by atoms with E-state index >= 15 is 0 Å². The first-order valence-corrected chi connectivity index (χ1v) is 5.59. The van der Waals surface area contributed by atoms with Gasteiger partial charge in [0.15, 0.2) is 13.6 Å². The van der Waals surface area contributed by atoms with Crippen LogP contribution in [0.5, 0.6) is 0 Å². The number of hydrogen-bond acceptors (Lipinski definition) is 8. The molecule has 2 rings (SSSR count). The molecule has 0 atom stereocenters. The summed E-state index contributed by atoms with van der Waals surface area (Å²) in [6, 6.07) is 0. The largest absolute Gasteiger partial charge is 0.410 e. The molecular formula is C10H14O8. The first-order valence-electron chi connectivity index (χ1n) is 5.59. The van der Waals surface area contributed by atoms with E-state index < -0.39 is 24.9 Å². The summed E-state index contributed by atoms with van der Waals surface area (Å²) in [6.45, 7) is -1.43. The van der Waals surface area contributed by atoms with E-state index in [1.165, 1.54) is 0 Å². The maximum Gasteiger partial charge on any atom is 0.322 e. The van der Waals surface area contributed by atoms with E-state index in [0.717, 1.165) is 0 Å². The van der Waals surface area contributed by atoms with Gasteiger partial charge in [-0.3, -0.25) is 28.5 Å². The molecule has 8 heteroatoms. The van der Waals surface area contributed by atoms with Gasteiger partial charge in [0.1, 0.15) is 0 Å². The van der Waals surface area contributed by atoms with E-state index in [4.69, 9.17) is 28.4 Å². The number of esters is 2. The second-order valence-corrected chi connectivity index (χ2v) is 3.67. The molecule has 0 aromatic rings. The molecule has 2 fully saturated rings. The lowest BCUT2D eigenvalue weighted by atomic mass is 10.2. The van der Waals surface area contributed by atoms with Crippen LogP contribution in [0, 0.1) is 0 Å². The maximum absolute atomic E-state index is 11.2. The van der Waals surface area contributed by atoms with Crippen LogP contribution >= 0.6 is 0 Å². The quantitative estimate of drug-likeness (QED) is 0.475. The molecule has 0 radical (unpaired) electrons. The van der Waals surface area contributed by atoms with Gasteiger partial charge in [-0.25, -0.2) is 0 Å². The standard InChI is InChI=1S/C10H14O8/c11-7(17-9-13-5-14-9)3-1-2-4-8(12)18-10-15-6-16-10/h9-10H,1-6H2. The predicted molar refractivity (Wildman–Crippen MR) is 52.3 cm³/mol. The van der Waals surface area contributed by atoms with Crippen LogP contribution in [-0.2, 0) is 38.0 Å². The molecule has 0 bridgehead atoms. The normalized spacial score (nSPS) is 19.8. The van der Waals surface area contributed by atoms with Crippen LogP contribution in [0.2, 0.25) is 0 Å². The first-order chi connectivity index (χ1) is 8.74. The zero-order valence-corrected chi connectivity index (χ0v) is 9.66. The first kappa shape index (κ1) is 13.2. The summed E-state index contributed by atoms with van der Waals surface area (Å²) in [4.78, 5) is 22.4. The second-order valence-electron chi connectivity index (χ2n) is 3.67. The minimum Gasteiger partial charge on any atom is -0.410 e. The summed E-state index contributed by atoms with van der Waals surface area (Å²) in [5, 5.41) is 0. The molecule has 0 N–H and O–H groups in total. The van der Waals surface area contributed by atoms with Gasteiger partial charge in [0.2, 0.25) is 0 Å². The zero-order valence-electron chi connectivity index (χ0n) is 9.66. The van der Waals surface area contributed by atoms with Crippen LogP contribution in [0.25, 0.3) is 0 Å². The molecule has 2 saturated heterocycles. The lowest BCUT2D eigenvalue weighted by molar-refractivity contribution is -0.407. The van der Waals surface area contributed by atoms with E-state index in [9.17, 15) is 9.59 Å². The van der Waals surface area contributed by atoms with Crippen molar-refractivity contribution in [3.05, 3.63) is 0 Å². The molecule has 0 aliphatic carbocycles. The average Bonchev–Trinajstić information content (AvgIpc) is 2.24. The Morgan fingerprint density at radius 2 is 1.22 bits per heavy atom. The Bertz CT molecular complexity index is 266. The topological polar surface area (TPSA) is 89.5 Å². The molecule has 8 nitrogen and oxygen atoms in total. The van der Waals surface area contributed by atoms with E-state index in [1.807, 2.05) is 0 Å². The minimum absolute atomic E-state index is 0.148. The third-order valence-corrected chi connectivity index (χ3v) is 2.28. The highest BCUT2D eigenvalue weighted by molar-refractivity contribution is 5.70. The third kappa shape index (κ3) is 4.22. The Morgan fingerprint density at radius 3 is 1.50 bits per heavy atom. The fraction of sp³-hybridized carbons (Fsp3) is 0.800. The van der Waals surface area contributed by atoms with E-state index in [1.54, 1.807) is 0 Å². The molecule has 0 amide bonds. The summed E-state index contributed by atoms with van der Waals surface area (Å²) in [5.74, 6) is -0.836. The number of hydrogen-bond donors (Lipinski definition) is 0. The lowest BCUT2D eigenvalue weighted by Gasteiger charge is -2.25. The Morgan fingerprint density at radius 1 is 0.833 bits per heavy atom. The summed E-state index contributed by atoms with van der Waals surface area (Å²) in [7, 11) is 0. The number of carbonyl (C=O) groups excluding carboxylic acids is 2. The highest BCUT2D eigenvalue weighted by Gasteiger charge is 2.24. The Labute approximate surface area is 103 Å². The SMILES string of the molecule is O=C(CCCCC(=O)OC1OCO1)OC1OCO1. The second kappa shape index (κ2) is 6.64. The molecule has 0 aromatic carbocycles. The lowest BCUT2D eigenvalue weighted by Crippen LogP contribution is -2.35. The summed E-state index contributed by atoms with van der Waals surface area (Å²) in [6.07, 6.45) is 1.44. The van der Waals surface area contributed by atoms with Gasteiger partial charge < -0.3 is 9.47 Å². The van der Waals surface area contributed by atoms with Crippen molar-refractivity contribution >= 4 is 11.9 Å². The van der Waals surface area contributed by atoms with Crippen molar-refractivity contribution in [1.82, 2.24) is 0 Å². The van der Waals surface area contributed by atoms with Crippen LogP contribution in [0.3, 0.4) is 0 Å². The number of rotatable bonds is 7. The molecule has 2 aliphatic heterocycles. The van der Waals surface area contributed by atoms with Crippen molar-refractivity contribution in [2.24, 2.45) is 0 Å². The summed E-state index contributed by atoms with van der Waals surface area (Å²) < 4.78 is 28.5. The van der Waals surface area contributed by atoms with Crippen LogP contribution in [0.15, 0.2) is 0 Å². The van der Waals surface area contributed by atoms with Gasteiger partial charge in [-0.15, -0.1) is 0 Å². The van der Waals surface area contributed by atoms with Gasteiger partial charge in [0.05, 0.1) is 0 Å². The molecule has 0 aromatic heterocycles. The third-order valence-electron chi connectivity index (χ3n) is 2.28. The molecule has 0 spiro atoms. The fourth-order valence-electron chi connectivity index (χ4n) is 1.25. The van der Waals surface area contributed by atoms with Crippen LogP contribution in [0.1, 0.15) is 25.7 Å². The average molecular weight is 262 g/mol. The van der Waals surface area contributed by atoms with E-state index in [2.05, 4.69) is 0 Å². The Hall–Kier alpha value is -1.22. The van der Waals surface area contributed by atoms with Gasteiger partial charge in [-0.1, -0.05) is 0 Å². The van der Waals surface area contributed by atoms with Gasteiger partial charge in [-0.05, 0) is 12.8 Å². The van der Waals surface area contributed by atoms with Crippen molar-refractivity contribution in [1.29, 1.82) is 0 Å². The van der Waals surface area contributed by atoms with Crippen LogP contribution < -0.4 is 0 Å². The summed E-state index contributed by atoms with van der Waals surface area (Å²) in [5.41, 5.74) is 0. The van der Waals surface area contributed by atoms with Gasteiger partial charge in [0.25, 0.3) is 0 Å². The maximum atomic E-state index is 11.2. The number of ether oxygens (including phenoxy) is 6. The van der Waals surface area contributed by atoms with Crippen molar-refractivity contribution < 1.29 is 38.0 Å². The van der Waals surface area contributed by atoms with Crippen LogP contribution in [-0.4, -0.2) is 38.5 Å². The highest BCUT2D eigenvalue weighted by Crippen LogP contribution is 2.12. The Balaban J connectivity index is 1.44. The van der Waals surface area contributed by atoms with Crippen molar-refractivity contribution in [2.45, 2.75) is 38.6 Å². The van der Waals surface area contributed by atoms with Crippen molar-refractivity contribution in [2.75, 3.05) is 13.6 Å². The molecule has 2 heterocycles. The number of unbranched alkanes of at least 4 members (excludes halogenated alkanes) is 1. The summed E-state index contributed by atoms with van der Waals surface area (Å²) >= 11 is 0. The minimum atomic E-state index is -0.865. The molecule has 18 heavy (non-hydrogen) atoms. The van der Waals surface area contributed by atoms with E-state index in [-0.39, 0.29) is 26.4 Å². The molecule has 0 saturated carbocycles. The molecule has 2 aliphatic rings. The smallest absolute Gasteiger partial charge is 0.322 e. The van der Waals surface area contributed by atoms with Gasteiger partial charge in [-0.2, -0.15) is 0 Å². The van der Waals surface area contributed by atoms with Crippen LogP contribution in [0.4, 0.5) is 0 Å². The van der Waals surface area contributed by atoms with Crippen molar-refractivity contribution in [3.8, 4) is 0 Å². The van der Waals surface area contributed by atoms with Crippen molar-refractivity contribution in [3.63, 3.8) is 0 Å². The molecule has 102 valence electrons. The molecular weight excluding hydrogens is 248 g/mol. The fourth-order valence-corrected chi connectivity index (χ4v) is 1.25. The van der Waals surface area contributed by atoms with Gasteiger partial charge in [0, 0.05) is 12.8 Å². The Kier molecular flexibility index (Phi) is 4.88. The number of carbonyl (C=O) groups is 2. The highest BCUT2D eigenvalue weighted by atomic mass is 17.0.